The molecule has 0 amide bonds. The highest BCUT2D eigenvalue weighted by atomic mass is 16.7. The number of allylic oxidation sites excluding steroid dienone is 6. The molecular weight excluding hydrogens is 1020 g/mol. The topological polar surface area (TPSA) is 111 Å². The minimum atomic E-state index is -1.62. The van der Waals surface area contributed by atoms with Crippen LogP contribution in [-0.2, 0) is 33.3 Å². The molecule has 0 aromatic carbocycles. The number of carbonyl (C=O) groups excluding carboxylic acids is 3. The normalized spacial score (nSPS) is 12.8. The number of unbranched alkanes of at least 4 members (excludes halogenated alkanes) is 46. The van der Waals surface area contributed by atoms with Gasteiger partial charge in [-0.15, -0.1) is 0 Å². The van der Waals surface area contributed by atoms with E-state index in [-0.39, 0.29) is 32.2 Å². The van der Waals surface area contributed by atoms with Crippen LogP contribution in [0.15, 0.2) is 36.5 Å². The molecule has 0 aliphatic rings. The monoisotopic (exact) mass is 1160 g/mol. The molecule has 0 aromatic rings. The minimum absolute atomic E-state index is 0.149. The summed E-state index contributed by atoms with van der Waals surface area (Å²) in [5.74, 6) is -2.26. The van der Waals surface area contributed by atoms with Crippen LogP contribution >= 0.6 is 0 Å². The summed E-state index contributed by atoms with van der Waals surface area (Å²) >= 11 is 0. The molecule has 0 saturated heterocycles. The van der Waals surface area contributed by atoms with Crippen molar-refractivity contribution in [3.05, 3.63) is 36.5 Å². The molecule has 0 fully saturated rings. The average molecular weight is 1160 g/mol. The molecular formula is C73H137NO8. The van der Waals surface area contributed by atoms with Gasteiger partial charge in [0.1, 0.15) is 13.2 Å². The molecule has 0 saturated carbocycles. The Bertz CT molecular complexity index is 1440. The van der Waals surface area contributed by atoms with E-state index >= 15 is 0 Å². The van der Waals surface area contributed by atoms with Gasteiger partial charge in [-0.25, -0.2) is 0 Å². The van der Waals surface area contributed by atoms with Crippen molar-refractivity contribution < 1.29 is 42.9 Å². The Kier molecular flexibility index (Phi) is 62.5. The number of carboxylic acid groups (broad SMARTS) is 1. The van der Waals surface area contributed by atoms with Gasteiger partial charge in [-0.2, -0.15) is 0 Å². The fraction of sp³-hybridized carbons (Fsp3) is 0.877. The number of likely N-dealkylation sites (N-methyl/N-ethyl adjacent to an activating group) is 1. The van der Waals surface area contributed by atoms with Crippen molar-refractivity contribution in [1.29, 1.82) is 0 Å². The number of hydrogen-bond donors (Lipinski definition) is 0. The van der Waals surface area contributed by atoms with Crippen molar-refractivity contribution in [2.75, 3.05) is 47.5 Å². The number of carboxylic acids is 1. The molecule has 2 unspecified atom stereocenters. The lowest BCUT2D eigenvalue weighted by molar-refractivity contribution is -0.870. The van der Waals surface area contributed by atoms with Gasteiger partial charge in [0.05, 0.1) is 40.3 Å². The van der Waals surface area contributed by atoms with Crippen LogP contribution in [-0.4, -0.2) is 82.3 Å². The molecule has 0 rings (SSSR count). The lowest BCUT2D eigenvalue weighted by Crippen LogP contribution is -2.44. The maximum atomic E-state index is 12.9. The molecule has 2 atom stereocenters. The number of hydrogen-bond acceptors (Lipinski definition) is 8. The van der Waals surface area contributed by atoms with Crippen molar-refractivity contribution in [3.8, 4) is 0 Å². The summed E-state index contributed by atoms with van der Waals surface area (Å²) in [4.78, 5) is 37.5. The second-order valence-electron chi connectivity index (χ2n) is 25.5. The van der Waals surface area contributed by atoms with Crippen LogP contribution in [0.3, 0.4) is 0 Å². The molecule has 9 nitrogen and oxygen atoms in total. The van der Waals surface area contributed by atoms with Crippen molar-refractivity contribution in [2.24, 2.45) is 0 Å². The largest absolute Gasteiger partial charge is 0.545 e. The number of nitrogens with zero attached hydrogens (tertiary/aromatic N) is 1. The maximum Gasteiger partial charge on any atom is 0.306 e. The lowest BCUT2D eigenvalue weighted by atomic mass is 10.0. The summed E-state index contributed by atoms with van der Waals surface area (Å²) < 4.78 is 22.8. The smallest absolute Gasteiger partial charge is 0.306 e. The van der Waals surface area contributed by atoms with Crippen LogP contribution in [0, 0.1) is 0 Å². The van der Waals surface area contributed by atoms with Gasteiger partial charge in [0, 0.05) is 12.8 Å². The van der Waals surface area contributed by atoms with Gasteiger partial charge in [0.25, 0.3) is 0 Å². The molecule has 482 valence electrons. The van der Waals surface area contributed by atoms with E-state index in [2.05, 4.69) is 50.3 Å². The number of rotatable bonds is 67. The first-order valence-corrected chi connectivity index (χ1v) is 35.6. The second kappa shape index (κ2) is 64.5. The molecule has 0 aliphatic carbocycles. The fourth-order valence-electron chi connectivity index (χ4n) is 10.7. The van der Waals surface area contributed by atoms with E-state index in [9.17, 15) is 19.5 Å². The summed E-state index contributed by atoms with van der Waals surface area (Å²) in [5, 5.41) is 11.8. The molecule has 9 heteroatoms. The van der Waals surface area contributed by atoms with Crippen LogP contribution in [0.2, 0.25) is 0 Å². The fourth-order valence-corrected chi connectivity index (χ4v) is 10.7. The van der Waals surface area contributed by atoms with Crippen molar-refractivity contribution in [3.63, 3.8) is 0 Å². The molecule has 0 aromatic heterocycles. The molecule has 0 radical (unpaired) electrons. The number of aliphatic carboxylic acids is 1. The van der Waals surface area contributed by atoms with Crippen LogP contribution < -0.4 is 5.11 Å². The standard InChI is InChI=1S/C73H137NO8/c1-6-8-10-12-14-16-18-20-22-24-26-28-30-32-34-35-36-38-39-41-43-45-47-49-51-53-55-57-59-61-63-70(75)80-67-69(68-81-73(72(77)78)79-66-65-74(3,4)5)82-71(76)64-62-60-58-56-54-52-50-48-46-44-42-40-37-33-31-29-27-25-23-21-19-17-15-13-11-9-7-2/h19,21,25,27,31,33,69,73H,6-18,20,22-24,26,28-30,32,34-68H2,1-5H3/b21-19-,27-25-,33-31-. The third-order valence-corrected chi connectivity index (χ3v) is 16.1. The summed E-state index contributed by atoms with van der Waals surface area (Å²) in [7, 11) is 5.94. The molecule has 0 spiro atoms. The Morgan fingerprint density at radius 3 is 0.976 bits per heavy atom. The van der Waals surface area contributed by atoms with Crippen LogP contribution in [0.4, 0.5) is 0 Å². The predicted molar refractivity (Wildman–Crippen MR) is 348 cm³/mol. The van der Waals surface area contributed by atoms with Crippen molar-refractivity contribution in [2.45, 2.75) is 367 Å². The Hall–Kier alpha value is -2.49. The van der Waals surface area contributed by atoms with Crippen molar-refractivity contribution in [1.82, 2.24) is 0 Å². The maximum absolute atomic E-state index is 12.9. The third-order valence-electron chi connectivity index (χ3n) is 16.1. The Balaban J connectivity index is 4.07. The van der Waals surface area contributed by atoms with Gasteiger partial charge < -0.3 is 33.3 Å². The van der Waals surface area contributed by atoms with Crippen LogP contribution in [0.1, 0.15) is 354 Å². The van der Waals surface area contributed by atoms with Gasteiger partial charge in [-0.05, 0) is 51.4 Å². The first-order valence-electron chi connectivity index (χ1n) is 35.6. The van der Waals surface area contributed by atoms with Crippen LogP contribution in [0.5, 0.6) is 0 Å². The highest BCUT2D eigenvalue weighted by Crippen LogP contribution is 2.19. The second-order valence-corrected chi connectivity index (χ2v) is 25.5. The van der Waals surface area contributed by atoms with E-state index in [1.54, 1.807) is 0 Å². The molecule has 0 N–H and O–H groups in total. The van der Waals surface area contributed by atoms with Gasteiger partial charge in [0.2, 0.25) is 0 Å². The Morgan fingerprint density at radius 2 is 0.659 bits per heavy atom. The zero-order chi connectivity index (χ0) is 59.8. The van der Waals surface area contributed by atoms with E-state index in [1.165, 1.54) is 270 Å². The van der Waals surface area contributed by atoms with Gasteiger partial charge in [-0.3, -0.25) is 9.59 Å². The van der Waals surface area contributed by atoms with E-state index in [0.717, 1.165) is 51.4 Å². The highest BCUT2D eigenvalue weighted by molar-refractivity contribution is 5.70. The van der Waals surface area contributed by atoms with E-state index in [1.807, 2.05) is 21.1 Å². The van der Waals surface area contributed by atoms with Gasteiger partial charge in [0.15, 0.2) is 12.4 Å². The van der Waals surface area contributed by atoms with Gasteiger partial charge in [-0.1, -0.05) is 326 Å². The van der Waals surface area contributed by atoms with E-state index in [0.29, 0.717) is 23.9 Å². The predicted octanol–water partition coefficient (Wildman–Crippen LogP) is 20.6. The first-order chi connectivity index (χ1) is 40.1. The zero-order valence-electron chi connectivity index (χ0n) is 55.1. The van der Waals surface area contributed by atoms with E-state index in [4.69, 9.17) is 18.9 Å². The SMILES string of the molecule is CCCCCCC/C=C\C/C=C\C/C=C\CCCCCCCCCCCCCCC(=O)OC(COC(=O)CCCCCCCCCCCCCCCCCCCCCCCCCCCCCCCC)COC(OCC[N+](C)(C)C)C(=O)[O-]. The molecule has 0 heterocycles. The summed E-state index contributed by atoms with van der Waals surface area (Å²) in [6.07, 6.45) is 78.0. The molecule has 0 bridgehead atoms. The van der Waals surface area contributed by atoms with E-state index < -0.39 is 24.3 Å². The number of quaternary nitrogens is 1. The Morgan fingerprint density at radius 1 is 0.366 bits per heavy atom. The van der Waals surface area contributed by atoms with Gasteiger partial charge >= 0.3 is 11.9 Å². The summed E-state index contributed by atoms with van der Waals surface area (Å²) in [6, 6.07) is 0. The lowest BCUT2D eigenvalue weighted by Gasteiger charge is -2.26. The third kappa shape index (κ3) is 65.1. The minimum Gasteiger partial charge on any atom is -0.545 e. The highest BCUT2D eigenvalue weighted by Gasteiger charge is 2.22. The molecule has 0 aliphatic heterocycles. The Labute approximate surface area is 509 Å². The number of ether oxygens (including phenoxy) is 4. The molecule has 82 heavy (non-hydrogen) atoms. The van der Waals surface area contributed by atoms with Crippen LogP contribution in [0.25, 0.3) is 0 Å². The zero-order valence-corrected chi connectivity index (χ0v) is 55.1. The average Bonchev–Trinajstić information content (AvgIpc) is 3.45. The summed E-state index contributed by atoms with van der Waals surface area (Å²) in [5.41, 5.74) is 0. The first kappa shape index (κ1) is 79.5. The number of carbonyl (C=O) groups is 3. The quantitative estimate of drug-likeness (QED) is 0.0195. The number of esters is 2. The van der Waals surface area contributed by atoms with Crippen molar-refractivity contribution >= 4 is 17.9 Å². The summed E-state index contributed by atoms with van der Waals surface area (Å²) in [6.45, 7) is 4.80.